The van der Waals surface area contributed by atoms with E-state index < -0.39 is 22.1 Å². The third kappa shape index (κ3) is 4.99. The van der Waals surface area contributed by atoms with Crippen LogP contribution in [0.4, 0.5) is 10.1 Å². The Hall–Kier alpha value is -3.47. The number of hydrogen-bond acceptors (Lipinski definition) is 7. The van der Waals surface area contributed by atoms with Gasteiger partial charge in [-0.05, 0) is 73.7 Å². The van der Waals surface area contributed by atoms with Crippen molar-refractivity contribution in [3.05, 3.63) is 94.6 Å². The SMILES string of the molecule is COC(=O)c1ccccc1S(=O)(=O)N(C[C@H]1CCC2=C1[C@@H](C)C1=CNN(c3ccc(F)cc3)C1=C2)C[C@@H](C)O. The van der Waals surface area contributed by atoms with Gasteiger partial charge in [0.1, 0.15) is 5.82 Å². The molecule has 1 heterocycles. The molecule has 39 heavy (non-hydrogen) atoms. The highest BCUT2D eigenvalue weighted by atomic mass is 32.2. The van der Waals surface area contributed by atoms with Crippen molar-refractivity contribution in [2.24, 2.45) is 11.8 Å². The maximum absolute atomic E-state index is 13.9. The number of anilines is 1. The third-order valence-corrected chi connectivity index (χ3v) is 9.48. The standard InChI is InChI=1S/C29H32FN3O5S/c1-18(34)16-32(39(36,37)27-7-5-4-6-24(27)29(35)38-3)17-21-9-8-20-14-26-25(19(2)28(20)21)15-31-33(26)23-12-10-22(30)11-13-23/h4-7,10-15,18-19,21,31,34H,8-9,16-17H2,1-3H3/t18-,19+,21-/m1/s1. The molecule has 2 aromatic carbocycles. The van der Waals surface area contributed by atoms with Crippen LogP contribution in [0, 0.1) is 17.7 Å². The lowest BCUT2D eigenvalue weighted by molar-refractivity contribution is 0.0596. The van der Waals surface area contributed by atoms with Gasteiger partial charge in [0.25, 0.3) is 0 Å². The van der Waals surface area contributed by atoms with E-state index in [1.165, 1.54) is 46.8 Å². The molecule has 3 atom stereocenters. The highest BCUT2D eigenvalue weighted by Crippen LogP contribution is 2.48. The zero-order chi connectivity index (χ0) is 27.9. The number of methoxy groups -OCH3 is 1. The molecule has 2 aromatic rings. The number of sulfonamides is 1. The minimum Gasteiger partial charge on any atom is -0.465 e. The Morgan fingerprint density at radius 1 is 1.23 bits per heavy atom. The lowest BCUT2D eigenvalue weighted by Crippen LogP contribution is -2.41. The summed E-state index contributed by atoms with van der Waals surface area (Å²) >= 11 is 0. The highest BCUT2D eigenvalue weighted by Gasteiger charge is 2.40. The Bertz CT molecular complexity index is 1480. The summed E-state index contributed by atoms with van der Waals surface area (Å²) in [6.07, 6.45) is 4.72. The number of hydrogen-bond donors (Lipinski definition) is 2. The molecular formula is C29H32FN3O5S. The van der Waals surface area contributed by atoms with E-state index in [2.05, 4.69) is 18.4 Å². The van der Waals surface area contributed by atoms with Crippen molar-refractivity contribution >= 4 is 21.7 Å². The van der Waals surface area contributed by atoms with Gasteiger partial charge in [0.15, 0.2) is 0 Å². The number of fused-ring (bicyclic) bond motifs is 1. The molecule has 8 nitrogen and oxygen atoms in total. The summed E-state index contributed by atoms with van der Waals surface area (Å²) in [5, 5.41) is 12.2. The number of hydrazine groups is 1. The Balaban J connectivity index is 1.46. The lowest BCUT2D eigenvalue weighted by atomic mass is 9.80. The van der Waals surface area contributed by atoms with E-state index in [1.807, 2.05) is 11.2 Å². The first-order chi connectivity index (χ1) is 18.6. The topological polar surface area (TPSA) is 99.2 Å². The molecule has 2 aliphatic carbocycles. The predicted molar refractivity (Wildman–Crippen MR) is 145 cm³/mol. The molecule has 0 spiro atoms. The number of nitrogens with one attached hydrogen (secondary N) is 1. The second-order valence-corrected chi connectivity index (χ2v) is 12.1. The molecule has 206 valence electrons. The molecule has 0 unspecified atom stereocenters. The van der Waals surface area contributed by atoms with Gasteiger partial charge < -0.3 is 15.3 Å². The number of carbonyl (C=O) groups excluding carboxylic acids is 1. The van der Waals surface area contributed by atoms with Gasteiger partial charge in [0.05, 0.1) is 35.1 Å². The molecule has 2 N–H and O–H groups in total. The fourth-order valence-electron chi connectivity index (χ4n) is 5.83. The summed E-state index contributed by atoms with van der Waals surface area (Å²) in [6.45, 7) is 3.74. The Labute approximate surface area is 228 Å². The summed E-state index contributed by atoms with van der Waals surface area (Å²) in [5.74, 6) is -1.06. The maximum Gasteiger partial charge on any atom is 0.339 e. The second-order valence-electron chi connectivity index (χ2n) is 10.2. The van der Waals surface area contributed by atoms with Gasteiger partial charge >= 0.3 is 5.97 Å². The quantitative estimate of drug-likeness (QED) is 0.474. The number of esters is 1. The van der Waals surface area contributed by atoms with Crippen molar-refractivity contribution in [2.45, 2.75) is 37.7 Å². The van der Waals surface area contributed by atoms with Crippen molar-refractivity contribution in [1.82, 2.24) is 9.73 Å². The van der Waals surface area contributed by atoms with Crippen molar-refractivity contribution in [2.75, 3.05) is 25.2 Å². The third-order valence-electron chi connectivity index (χ3n) is 7.59. The number of ether oxygens (including phenoxy) is 1. The summed E-state index contributed by atoms with van der Waals surface area (Å²) in [6, 6.07) is 12.3. The minimum absolute atomic E-state index is 0.0314. The number of rotatable bonds is 8. The van der Waals surface area contributed by atoms with Crippen LogP contribution < -0.4 is 10.4 Å². The molecule has 0 fully saturated rings. The first-order valence-corrected chi connectivity index (χ1v) is 14.4. The van der Waals surface area contributed by atoms with E-state index in [0.29, 0.717) is 0 Å². The van der Waals surface area contributed by atoms with Crippen LogP contribution >= 0.6 is 0 Å². The highest BCUT2D eigenvalue weighted by molar-refractivity contribution is 7.89. The zero-order valence-corrected chi connectivity index (χ0v) is 22.9. The maximum atomic E-state index is 13.9. The smallest absolute Gasteiger partial charge is 0.339 e. The average Bonchev–Trinajstić information content (AvgIpc) is 3.53. The van der Waals surface area contributed by atoms with Gasteiger partial charge in [-0.1, -0.05) is 24.6 Å². The van der Waals surface area contributed by atoms with E-state index in [0.717, 1.165) is 29.8 Å². The number of nitrogens with zero attached hydrogens (tertiary/aromatic N) is 2. The van der Waals surface area contributed by atoms with E-state index >= 15 is 0 Å². The molecule has 0 radical (unpaired) electrons. The van der Waals surface area contributed by atoms with E-state index in [9.17, 15) is 22.7 Å². The molecule has 1 aliphatic heterocycles. The number of halogens is 1. The largest absolute Gasteiger partial charge is 0.465 e. The number of allylic oxidation sites excluding steroid dienone is 3. The fraction of sp³-hybridized carbons (Fsp3) is 0.345. The first-order valence-electron chi connectivity index (χ1n) is 12.9. The summed E-state index contributed by atoms with van der Waals surface area (Å²) in [7, 11) is -2.91. The van der Waals surface area contributed by atoms with Gasteiger partial charge in [-0.25, -0.2) is 17.6 Å². The van der Waals surface area contributed by atoms with Crippen molar-refractivity contribution in [3.8, 4) is 0 Å². The zero-order valence-electron chi connectivity index (χ0n) is 22.1. The fourth-order valence-corrected chi connectivity index (χ4v) is 7.57. The van der Waals surface area contributed by atoms with Gasteiger partial charge in [0.2, 0.25) is 10.0 Å². The summed E-state index contributed by atoms with van der Waals surface area (Å²) < 4.78 is 47.3. The Morgan fingerprint density at radius 2 is 1.95 bits per heavy atom. The van der Waals surface area contributed by atoms with Gasteiger partial charge in [0, 0.05) is 30.8 Å². The van der Waals surface area contributed by atoms with Crippen LogP contribution in [0.15, 0.2) is 88.1 Å². The molecule has 0 saturated heterocycles. The van der Waals surface area contributed by atoms with Crippen LogP contribution in [0.2, 0.25) is 0 Å². The number of aliphatic hydroxyl groups excluding tert-OH is 1. The van der Waals surface area contributed by atoms with E-state index in [1.54, 1.807) is 31.2 Å². The van der Waals surface area contributed by atoms with Crippen molar-refractivity contribution in [3.63, 3.8) is 0 Å². The first kappa shape index (κ1) is 27.1. The molecule has 5 rings (SSSR count). The molecule has 0 bridgehead atoms. The van der Waals surface area contributed by atoms with Crippen LogP contribution in [0.5, 0.6) is 0 Å². The van der Waals surface area contributed by atoms with E-state index in [4.69, 9.17) is 4.74 Å². The minimum atomic E-state index is -4.12. The number of carbonyl (C=O) groups is 1. The van der Waals surface area contributed by atoms with E-state index in [-0.39, 0.29) is 41.2 Å². The molecule has 0 amide bonds. The molecular weight excluding hydrogens is 521 g/mol. The van der Waals surface area contributed by atoms with Crippen LogP contribution in [0.1, 0.15) is 37.0 Å². The van der Waals surface area contributed by atoms with Gasteiger partial charge in [-0.3, -0.25) is 5.01 Å². The van der Waals surface area contributed by atoms with Gasteiger partial charge in [-0.15, -0.1) is 0 Å². The lowest BCUT2D eigenvalue weighted by Gasteiger charge is -2.32. The second kappa shape index (κ2) is 10.6. The summed E-state index contributed by atoms with van der Waals surface area (Å²) in [4.78, 5) is 12.2. The normalized spacial score (nSPS) is 21.2. The Morgan fingerprint density at radius 3 is 2.64 bits per heavy atom. The van der Waals surface area contributed by atoms with Crippen LogP contribution in [-0.4, -0.2) is 50.1 Å². The Kier molecular flexibility index (Phi) is 7.37. The van der Waals surface area contributed by atoms with Crippen molar-refractivity contribution in [1.29, 1.82) is 0 Å². The van der Waals surface area contributed by atoms with Crippen LogP contribution in [0.25, 0.3) is 0 Å². The molecule has 0 aromatic heterocycles. The molecule has 0 saturated carbocycles. The van der Waals surface area contributed by atoms with Gasteiger partial charge in [-0.2, -0.15) is 4.31 Å². The molecule has 3 aliphatic rings. The summed E-state index contributed by atoms with van der Waals surface area (Å²) in [5.41, 5.74) is 8.47. The average molecular weight is 554 g/mol. The predicted octanol–water partition coefficient (Wildman–Crippen LogP) is 4.13. The monoisotopic (exact) mass is 553 g/mol. The van der Waals surface area contributed by atoms with Crippen LogP contribution in [-0.2, 0) is 14.8 Å². The van der Waals surface area contributed by atoms with Crippen molar-refractivity contribution < 1.29 is 27.4 Å². The number of aliphatic hydroxyl groups is 1. The van der Waals surface area contributed by atoms with Crippen LogP contribution in [0.3, 0.4) is 0 Å². The molecule has 10 heteroatoms. The number of benzene rings is 2.